The Kier molecular flexibility index (Phi) is 8.59. The minimum atomic E-state index is -1.10. The van der Waals surface area contributed by atoms with Gasteiger partial charge in [0.05, 0.1) is 6.61 Å². The van der Waals surface area contributed by atoms with Crippen molar-refractivity contribution >= 4 is 35.7 Å². The van der Waals surface area contributed by atoms with Gasteiger partial charge in [-0.25, -0.2) is 4.79 Å². The van der Waals surface area contributed by atoms with Gasteiger partial charge < -0.3 is 23.7 Å². The number of hydrogen-bond acceptors (Lipinski definition) is 10. The van der Waals surface area contributed by atoms with Gasteiger partial charge in [0.15, 0.2) is 11.9 Å². The zero-order valence-corrected chi connectivity index (χ0v) is 26.9. The third-order valence-corrected chi connectivity index (χ3v) is 10.3. The fraction of sp³-hybridized carbons (Fsp3) is 0.571. The monoisotopic (exact) mass is 622 g/mol. The molecule has 0 amide bonds. The highest BCUT2D eigenvalue weighted by Crippen LogP contribution is 2.65. The van der Waals surface area contributed by atoms with E-state index in [4.69, 9.17) is 23.7 Å². The molecule has 2 saturated carbocycles. The number of fused-ring (bicyclic) bond motifs is 4. The molecule has 3 aliphatic carbocycles. The van der Waals surface area contributed by atoms with Crippen LogP contribution < -0.4 is 0 Å². The molecule has 0 N–H and O–H groups in total. The van der Waals surface area contributed by atoms with Crippen LogP contribution in [-0.4, -0.2) is 66.3 Å². The fourth-order valence-electron chi connectivity index (χ4n) is 8.38. The predicted octanol–water partition coefficient (Wildman–Crippen LogP) is 4.54. The first kappa shape index (κ1) is 32.6. The number of carbonyl (C=O) groups is 5. The summed E-state index contributed by atoms with van der Waals surface area (Å²) in [5, 5.41) is 0. The zero-order chi connectivity index (χ0) is 32.9. The van der Waals surface area contributed by atoms with Crippen molar-refractivity contribution < 1.29 is 47.7 Å². The molecule has 0 aromatic heterocycles. The normalized spacial score (nSPS) is 35.1. The van der Waals surface area contributed by atoms with Gasteiger partial charge in [0.2, 0.25) is 0 Å². The topological polar surface area (TPSA) is 135 Å². The molecule has 3 fully saturated rings. The number of ether oxygens (including phenoxy) is 5. The van der Waals surface area contributed by atoms with E-state index in [0.29, 0.717) is 24.0 Å². The van der Waals surface area contributed by atoms with Crippen LogP contribution in [0.4, 0.5) is 0 Å². The number of Topliss-reactive ketones (excluding diaryl/α,β-unsaturated/α-hetero) is 1. The van der Waals surface area contributed by atoms with E-state index in [1.165, 1.54) is 26.8 Å². The van der Waals surface area contributed by atoms with Crippen molar-refractivity contribution in [3.8, 4) is 0 Å². The first-order chi connectivity index (χ1) is 21.1. The van der Waals surface area contributed by atoms with Crippen LogP contribution in [0.15, 0.2) is 47.6 Å². The van der Waals surface area contributed by atoms with Gasteiger partial charge in [-0.2, -0.15) is 0 Å². The van der Waals surface area contributed by atoms with E-state index in [9.17, 15) is 24.0 Å². The van der Waals surface area contributed by atoms with Gasteiger partial charge in [-0.3, -0.25) is 19.2 Å². The molecule has 0 unspecified atom stereocenters. The van der Waals surface area contributed by atoms with E-state index in [-0.39, 0.29) is 18.8 Å². The van der Waals surface area contributed by atoms with Crippen molar-refractivity contribution in [2.75, 3.05) is 6.61 Å². The van der Waals surface area contributed by atoms with Gasteiger partial charge >= 0.3 is 23.9 Å². The lowest BCUT2D eigenvalue weighted by molar-refractivity contribution is -0.226. The minimum Gasteiger partial charge on any atom is -0.462 e. The number of carbonyl (C=O) groups excluding carboxylic acids is 5. The summed E-state index contributed by atoms with van der Waals surface area (Å²) in [6.07, 6.45) is 0.0706. The Morgan fingerprint density at radius 2 is 1.53 bits per heavy atom. The number of rotatable bonds is 6. The molecule has 1 aromatic carbocycles. The number of esters is 4. The molecule has 1 spiro atoms. The molecular formula is C35H42O10. The molecule has 1 heterocycles. The van der Waals surface area contributed by atoms with E-state index in [0.717, 1.165) is 5.56 Å². The Bertz CT molecular complexity index is 1450. The van der Waals surface area contributed by atoms with Crippen molar-refractivity contribution in [2.45, 2.75) is 97.7 Å². The number of epoxide rings is 1. The Balaban J connectivity index is 1.66. The molecule has 10 nitrogen and oxygen atoms in total. The summed E-state index contributed by atoms with van der Waals surface area (Å²) in [5.41, 5.74) is -1.11. The number of ketones is 1. The van der Waals surface area contributed by atoms with Crippen LogP contribution in [0, 0.1) is 22.7 Å². The molecule has 0 radical (unpaired) electrons. The second-order valence-corrected chi connectivity index (χ2v) is 13.6. The summed E-state index contributed by atoms with van der Waals surface area (Å²) >= 11 is 0. The summed E-state index contributed by atoms with van der Waals surface area (Å²) in [6.45, 7) is 11.5. The van der Waals surface area contributed by atoms with Crippen LogP contribution in [0.5, 0.6) is 0 Å². The van der Waals surface area contributed by atoms with E-state index >= 15 is 0 Å². The van der Waals surface area contributed by atoms with Crippen LogP contribution in [0.2, 0.25) is 0 Å². The van der Waals surface area contributed by atoms with Crippen molar-refractivity contribution in [3.05, 3.63) is 53.1 Å². The largest absolute Gasteiger partial charge is 0.462 e. The molecule has 4 aliphatic rings. The molecule has 45 heavy (non-hydrogen) atoms. The van der Waals surface area contributed by atoms with Crippen LogP contribution in [-0.2, 0) is 47.7 Å². The zero-order valence-electron chi connectivity index (χ0n) is 26.9. The second kappa shape index (κ2) is 11.9. The molecule has 1 aromatic rings. The average molecular weight is 623 g/mol. The summed E-state index contributed by atoms with van der Waals surface area (Å²) in [7, 11) is 0. The highest BCUT2D eigenvalue weighted by atomic mass is 16.6. The maximum Gasteiger partial charge on any atom is 0.331 e. The Hall–Kier alpha value is -3.79. The first-order valence-corrected chi connectivity index (χ1v) is 15.5. The van der Waals surface area contributed by atoms with Crippen LogP contribution in [0.3, 0.4) is 0 Å². The summed E-state index contributed by atoms with van der Waals surface area (Å²) in [4.78, 5) is 64.9. The van der Waals surface area contributed by atoms with Gasteiger partial charge in [-0.05, 0) is 48.0 Å². The van der Waals surface area contributed by atoms with Crippen molar-refractivity contribution in [1.82, 2.24) is 0 Å². The van der Waals surface area contributed by atoms with Gasteiger partial charge in [0, 0.05) is 50.5 Å². The lowest BCUT2D eigenvalue weighted by Crippen LogP contribution is -2.68. The number of hydrogen-bond donors (Lipinski definition) is 0. The maximum atomic E-state index is 13.6. The maximum absolute atomic E-state index is 13.6. The summed E-state index contributed by atoms with van der Waals surface area (Å²) < 4.78 is 30.5. The molecule has 242 valence electrons. The molecule has 10 heteroatoms. The molecular weight excluding hydrogens is 580 g/mol. The minimum absolute atomic E-state index is 0.0816. The smallest absolute Gasteiger partial charge is 0.331 e. The summed E-state index contributed by atoms with van der Waals surface area (Å²) in [5.74, 6) is -3.70. The highest BCUT2D eigenvalue weighted by Gasteiger charge is 2.74. The number of benzene rings is 1. The molecule has 1 aliphatic heterocycles. The van der Waals surface area contributed by atoms with Crippen LogP contribution >= 0.6 is 0 Å². The van der Waals surface area contributed by atoms with E-state index in [1.807, 2.05) is 51.1 Å². The van der Waals surface area contributed by atoms with Gasteiger partial charge in [0.25, 0.3) is 0 Å². The highest BCUT2D eigenvalue weighted by molar-refractivity contribution is 5.97. The molecule has 5 rings (SSSR count). The summed E-state index contributed by atoms with van der Waals surface area (Å²) in [6, 6.07) is 9.35. The van der Waals surface area contributed by atoms with Gasteiger partial charge in [0.1, 0.15) is 23.9 Å². The van der Waals surface area contributed by atoms with Crippen molar-refractivity contribution in [1.29, 1.82) is 0 Å². The molecule has 1 saturated heterocycles. The second-order valence-electron chi connectivity index (χ2n) is 13.6. The first-order valence-electron chi connectivity index (χ1n) is 15.5. The van der Waals surface area contributed by atoms with Gasteiger partial charge in [-0.15, -0.1) is 0 Å². The Labute approximate surface area is 263 Å². The Morgan fingerprint density at radius 1 is 0.911 bits per heavy atom. The van der Waals surface area contributed by atoms with Crippen molar-refractivity contribution in [3.63, 3.8) is 0 Å². The van der Waals surface area contributed by atoms with Crippen LogP contribution in [0.25, 0.3) is 6.08 Å². The van der Waals surface area contributed by atoms with E-state index in [2.05, 4.69) is 0 Å². The lowest BCUT2D eigenvalue weighted by atomic mass is 9.48. The quantitative estimate of drug-likeness (QED) is 0.193. The molecule has 2 bridgehead atoms. The third kappa shape index (κ3) is 5.85. The third-order valence-electron chi connectivity index (χ3n) is 10.3. The van der Waals surface area contributed by atoms with E-state index in [1.54, 1.807) is 13.0 Å². The standard InChI is InChI=1S/C35H42O10/c1-19-25(39)17-24-29(42-20(2)36)31-34(7,32(44-22(4)38)30(43-21(3)37)28(19)33(24,5)6)16-15-26(35(31)18-41-35)45-27(40)14-13-23-11-9-8-10-12-23/h8-14,24,26,29-32H,15-18H2,1-7H3/b14-13+/t24-,26-,29+,30+,31-,32-,34+,35-/m0/s1. The van der Waals surface area contributed by atoms with Crippen LogP contribution in [0.1, 0.15) is 73.3 Å². The Morgan fingerprint density at radius 3 is 2.11 bits per heavy atom. The number of allylic oxidation sites excluding steroid dienone is 1. The lowest BCUT2D eigenvalue weighted by Gasteiger charge is -2.60. The predicted molar refractivity (Wildman–Crippen MR) is 161 cm³/mol. The molecule has 8 atom stereocenters. The SMILES string of the molecule is CC(=O)O[C@@H]1[C@@H]2CC(=O)C(C)=C([C@@H](OC(C)=O)[C@H](OC(C)=O)[C@]3(C)CC[C@H](OC(=O)/C=C/c4ccccc4)[C@@]4(CO4)[C@@H]13)C2(C)C. The van der Waals surface area contributed by atoms with Crippen molar-refractivity contribution in [2.24, 2.45) is 22.7 Å². The fourth-order valence-corrected chi connectivity index (χ4v) is 8.38. The van der Waals surface area contributed by atoms with E-state index < -0.39 is 76.6 Å². The van der Waals surface area contributed by atoms with Gasteiger partial charge in [-0.1, -0.05) is 51.1 Å². The average Bonchev–Trinajstić information content (AvgIpc) is 3.73.